The van der Waals surface area contributed by atoms with E-state index in [-0.39, 0.29) is 12.1 Å². The lowest BCUT2D eigenvalue weighted by Crippen LogP contribution is -2.07. The van der Waals surface area contributed by atoms with Gasteiger partial charge in [0.2, 0.25) is 0 Å². The Hall–Kier alpha value is -1.91. The van der Waals surface area contributed by atoms with Crippen molar-refractivity contribution in [2.24, 2.45) is 0 Å². The van der Waals surface area contributed by atoms with Crippen LogP contribution in [0.3, 0.4) is 0 Å². The lowest BCUT2D eigenvalue weighted by Gasteiger charge is -2.02. The number of rotatable bonds is 4. The fourth-order valence-electron chi connectivity index (χ4n) is 0.978. The Morgan fingerprint density at radius 3 is 2.87 bits per heavy atom. The van der Waals surface area contributed by atoms with Gasteiger partial charge in [0.15, 0.2) is 0 Å². The summed E-state index contributed by atoms with van der Waals surface area (Å²) in [5, 5.41) is 10.8. The Balaban J connectivity index is 2.57. The molecule has 0 saturated carbocycles. The summed E-state index contributed by atoms with van der Waals surface area (Å²) in [6, 6.07) is 3.09. The molecule has 1 rings (SSSR count). The minimum Gasteiger partial charge on any atom is -0.478 e. The molecule has 0 radical (unpaired) electrons. The SMILES string of the molecule is O=C(O)/C=C/NCc1cc(F)ccc1F. The predicted molar refractivity (Wildman–Crippen MR) is 50.0 cm³/mol. The number of hydrogen-bond donors (Lipinski definition) is 2. The second kappa shape index (κ2) is 5.09. The normalized spacial score (nSPS) is 10.5. The molecule has 2 N–H and O–H groups in total. The summed E-state index contributed by atoms with van der Waals surface area (Å²) in [5.41, 5.74) is 0.144. The van der Waals surface area contributed by atoms with Crippen LogP contribution in [0.25, 0.3) is 0 Å². The number of benzene rings is 1. The topological polar surface area (TPSA) is 49.3 Å². The summed E-state index contributed by atoms with van der Waals surface area (Å²) in [6.45, 7) is 0.0351. The van der Waals surface area contributed by atoms with Gasteiger partial charge in [-0.3, -0.25) is 0 Å². The van der Waals surface area contributed by atoms with Gasteiger partial charge < -0.3 is 10.4 Å². The molecule has 0 spiro atoms. The van der Waals surface area contributed by atoms with Crippen LogP contribution < -0.4 is 5.32 Å². The molecule has 1 aromatic carbocycles. The van der Waals surface area contributed by atoms with Crippen molar-refractivity contribution < 1.29 is 18.7 Å². The summed E-state index contributed by atoms with van der Waals surface area (Å²) < 4.78 is 25.7. The van der Waals surface area contributed by atoms with Crippen LogP contribution in [0.1, 0.15) is 5.56 Å². The van der Waals surface area contributed by atoms with Crippen LogP contribution in [0.15, 0.2) is 30.5 Å². The zero-order chi connectivity index (χ0) is 11.3. The maximum absolute atomic E-state index is 13.0. The minimum atomic E-state index is -1.11. The van der Waals surface area contributed by atoms with E-state index in [4.69, 9.17) is 5.11 Å². The van der Waals surface area contributed by atoms with Gasteiger partial charge >= 0.3 is 5.97 Å². The Bertz CT molecular complexity index is 391. The summed E-state index contributed by atoms with van der Waals surface area (Å²) in [4.78, 5) is 10.1. The van der Waals surface area contributed by atoms with Gasteiger partial charge in [-0.1, -0.05) is 0 Å². The molecule has 0 atom stereocenters. The highest BCUT2D eigenvalue weighted by atomic mass is 19.1. The van der Waals surface area contributed by atoms with Gasteiger partial charge in [0.05, 0.1) is 0 Å². The standard InChI is InChI=1S/C10H9F2NO2/c11-8-1-2-9(12)7(5-8)6-13-4-3-10(14)15/h1-5,13H,6H2,(H,14,15)/b4-3+. The second-order valence-electron chi connectivity index (χ2n) is 2.79. The largest absolute Gasteiger partial charge is 0.478 e. The molecular formula is C10H9F2NO2. The monoisotopic (exact) mass is 213 g/mol. The summed E-state index contributed by atoms with van der Waals surface area (Å²) in [6.07, 6.45) is 2.03. The van der Waals surface area contributed by atoms with Crippen molar-refractivity contribution in [3.8, 4) is 0 Å². The average Bonchev–Trinajstić information content (AvgIpc) is 2.17. The fraction of sp³-hybridized carbons (Fsp3) is 0.100. The van der Waals surface area contributed by atoms with Gasteiger partial charge in [0, 0.05) is 24.4 Å². The van der Waals surface area contributed by atoms with Crippen molar-refractivity contribution >= 4 is 5.97 Å². The van der Waals surface area contributed by atoms with Gasteiger partial charge in [-0.15, -0.1) is 0 Å². The van der Waals surface area contributed by atoms with Gasteiger partial charge in [0.1, 0.15) is 11.6 Å². The van der Waals surface area contributed by atoms with E-state index in [1.54, 1.807) is 0 Å². The number of carboxylic acid groups (broad SMARTS) is 1. The van der Waals surface area contributed by atoms with E-state index in [1.807, 2.05) is 0 Å². The Morgan fingerprint density at radius 1 is 1.47 bits per heavy atom. The van der Waals surface area contributed by atoms with E-state index in [1.165, 1.54) is 0 Å². The molecule has 5 heteroatoms. The third-order valence-electron chi connectivity index (χ3n) is 1.64. The first kappa shape index (κ1) is 11.2. The van der Waals surface area contributed by atoms with E-state index in [0.29, 0.717) is 0 Å². The van der Waals surface area contributed by atoms with E-state index < -0.39 is 17.6 Å². The maximum atomic E-state index is 13.0. The molecule has 0 amide bonds. The number of hydrogen-bond acceptors (Lipinski definition) is 2. The van der Waals surface area contributed by atoms with Gasteiger partial charge in [-0.05, 0) is 18.2 Å². The van der Waals surface area contributed by atoms with Crippen molar-refractivity contribution in [3.63, 3.8) is 0 Å². The highest BCUT2D eigenvalue weighted by molar-refractivity contribution is 5.79. The molecule has 0 aliphatic rings. The summed E-state index contributed by atoms with van der Waals surface area (Å²) in [5.74, 6) is -2.18. The van der Waals surface area contributed by atoms with Crippen LogP contribution in [-0.4, -0.2) is 11.1 Å². The number of nitrogens with one attached hydrogen (secondary N) is 1. The van der Waals surface area contributed by atoms with Crippen molar-refractivity contribution in [2.45, 2.75) is 6.54 Å². The van der Waals surface area contributed by atoms with Crippen molar-refractivity contribution in [2.75, 3.05) is 0 Å². The molecule has 80 valence electrons. The Morgan fingerprint density at radius 2 is 2.20 bits per heavy atom. The molecule has 0 fully saturated rings. The molecule has 0 aromatic heterocycles. The third kappa shape index (κ3) is 3.76. The van der Waals surface area contributed by atoms with E-state index in [0.717, 1.165) is 30.5 Å². The average molecular weight is 213 g/mol. The van der Waals surface area contributed by atoms with E-state index >= 15 is 0 Å². The molecule has 1 aromatic rings. The molecule has 0 aliphatic carbocycles. The Kier molecular flexibility index (Phi) is 3.79. The van der Waals surface area contributed by atoms with Gasteiger partial charge in [0.25, 0.3) is 0 Å². The third-order valence-corrected chi connectivity index (χ3v) is 1.64. The second-order valence-corrected chi connectivity index (χ2v) is 2.79. The fourth-order valence-corrected chi connectivity index (χ4v) is 0.978. The van der Waals surface area contributed by atoms with E-state index in [9.17, 15) is 13.6 Å². The zero-order valence-electron chi connectivity index (χ0n) is 7.71. The zero-order valence-corrected chi connectivity index (χ0v) is 7.71. The van der Waals surface area contributed by atoms with Crippen LogP contribution in [0, 0.1) is 11.6 Å². The number of halogens is 2. The molecule has 0 bridgehead atoms. The number of carboxylic acids is 1. The summed E-state index contributed by atoms with van der Waals surface area (Å²) in [7, 11) is 0. The van der Waals surface area contributed by atoms with Crippen molar-refractivity contribution in [3.05, 3.63) is 47.7 Å². The minimum absolute atomic E-state index is 0.0351. The molecule has 3 nitrogen and oxygen atoms in total. The first-order chi connectivity index (χ1) is 7.09. The lowest BCUT2D eigenvalue weighted by molar-refractivity contribution is -0.131. The molecule has 0 aliphatic heterocycles. The highest BCUT2D eigenvalue weighted by Gasteiger charge is 2.01. The molecule has 0 heterocycles. The van der Waals surface area contributed by atoms with Crippen molar-refractivity contribution in [1.82, 2.24) is 5.32 Å². The molecule has 15 heavy (non-hydrogen) atoms. The van der Waals surface area contributed by atoms with Crippen LogP contribution in [0.4, 0.5) is 8.78 Å². The van der Waals surface area contributed by atoms with Gasteiger partial charge in [-0.25, -0.2) is 13.6 Å². The summed E-state index contributed by atoms with van der Waals surface area (Å²) >= 11 is 0. The first-order valence-electron chi connectivity index (χ1n) is 4.16. The quantitative estimate of drug-likeness (QED) is 0.748. The van der Waals surface area contributed by atoms with Crippen LogP contribution in [-0.2, 0) is 11.3 Å². The number of carbonyl (C=O) groups is 1. The van der Waals surface area contributed by atoms with E-state index in [2.05, 4.69) is 5.32 Å². The Labute approximate surface area is 85.0 Å². The smallest absolute Gasteiger partial charge is 0.329 e. The molecule has 0 unspecified atom stereocenters. The maximum Gasteiger partial charge on any atom is 0.329 e. The van der Waals surface area contributed by atoms with Gasteiger partial charge in [-0.2, -0.15) is 0 Å². The van der Waals surface area contributed by atoms with Crippen LogP contribution in [0.2, 0.25) is 0 Å². The predicted octanol–water partition coefficient (Wildman–Crippen LogP) is 1.65. The number of aliphatic carboxylic acids is 1. The van der Waals surface area contributed by atoms with Crippen LogP contribution in [0.5, 0.6) is 0 Å². The van der Waals surface area contributed by atoms with Crippen LogP contribution >= 0.6 is 0 Å². The highest BCUT2D eigenvalue weighted by Crippen LogP contribution is 2.08. The first-order valence-corrected chi connectivity index (χ1v) is 4.16. The molecular weight excluding hydrogens is 204 g/mol. The lowest BCUT2D eigenvalue weighted by atomic mass is 10.2. The van der Waals surface area contributed by atoms with Crippen molar-refractivity contribution in [1.29, 1.82) is 0 Å². The molecule has 0 saturated heterocycles.